The molecule has 64 valence electrons. The molecule has 0 radical (unpaired) electrons. The van der Waals surface area contributed by atoms with Crippen LogP contribution in [0.25, 0.3) is 0 Å². The lowest BCUT2D eigenvalue weighted by Gasteiger charge is -2.00. The molecule has 0 aromatic heterocycles. The Morgan fingerprint density at radius 1 is 1.25 bits per heavy atom. The topological polar surface area (TPSA) is 0 Å². The van der Waals surface area contributed by atoms with Crippen LogP contribution in [0.2, 0.25) is 0 Å². The van der Waals surface area contributed by atoms with E-state index in [0.717, 1.165) is 5.56 Å². The summed E-state index contributed by atoms with van der Waals surface area (Å²) in [6.07, 6.45) is 2.24. The molecule has 0 heterocycles. The fourth-order valence-electron chi connectivity index (χ4n) is 1.08. The quantitative estimate of drug-likeness (QED) is 0.608. The van der Waals surface area contributed by atoms with Crippen LogP contribution in [-0.2, 0) is 13.1 Å². The Kier molecular flexibility index (Phi) is 2.97. The summed E-state index contributed by atoms with van der Waals surface area (Å²) in [7, 11) is 0. The Morgan fingerprint density at radius 3 is 2.50 bits per heavy atom. The number of hydrogen-bond donors (Lipinski definition) is 0. The van der Waals surface area contributed by atoms with Crippen LogP contribution in [0, 0.1) is 5.82 Å². The summed E-state index contributed by atoms with van der Waals surface area (Å²) >= 11 is 0. The van der Waals surface area contributed by atoms with Crippen LogP contribution >= 0.6 is 0 Å². The first-order chi connectivity index (χ1) is 5.76. The molecule has 1 rings (SSSR count). The van der Waals surface area contributed by atoms with Crippen molar-refractivity contribution in [2.75, 3.05) is 0 Å². The Morgan fingerprint density at radius 2 is 1.92 bits per heavy atom. The van der Waals surface area contributed by atoms with E-state index in [1.54, 1.807) is 12.1 Å². The maximum Gasteiger partial charge on any atom is 0.123 e. The summed E-state index contributed by atoms with van der Waals surface area (Å²) in [5, 5.41) is 0. The van der Waals surface area contributed by atoms with Gasteiger partial charge in [-0.25, -0.2) is 8.78 Å². The summed E-state index contributed by atoms with van der Waals surface area (Å²) in [6.45, 7) is 2.90. The summed E-state index contributed by atoms with van der Waals surface area (Å²) < 4.78 is 24.9. The summed E-state index contributed by atoms with van der Waals surface area (Å²) in [5.41, 5.74) is 1.14. The molecule has 2 heteroatoms. The second kappa shape index (κ2) is 4.00. The van der Waals surface area contributed by atoms with Crippen molar-refractivity contribution in [3.8, 4) is 0 Å². The van der Waals surface area contributed by atoms with Crippen molar-refractivity contribution in [1.29, 1.82) is 0 Å². The van der Waals surface area contributed by atoms with Crippen molar-refractivity contribution in [1.82, 2.24) is 0 Å². The molecular weight excluding hydrogens is 158 g/mol. The lowest BCUT2D eigenvalue weighted by Crippen LogP contribution is -1.88. The van der Waals surface area contributed by atoms with Gasteiger partial charge < -0.3 is 0 Å². The molecule has 12 heavy (non-hydrogen) atoms. The summed E-state index contributed by atoms with van der Waals surface area (Å²) in [6, 6.07) is 4.23. The summed E-state index contributed by atoms with van der Waals surface area (Å²) in [4.78, 5) is 0. The van der Waals surface area contributed by atoms with Crippen molar-refractivity contribution >= 4 is 0 Å². The minimum atomic E-state index is -0.623. The fraction of sp³-hybridized carbons (Fsp3) is 0.200. The van der Waals surface area contributed by atoms with Gasteiger partial charge in [-0.1, -0.05) is 12.1 Å². The van der Waals surface area contributed by atoms with E-state index in [1.807, 2.05) is 0 Å². The molecule has 0 fully saturated rings. The van der Waals surface area contributed by atoms with Crippen LogP contribution in [0.1, 0.15) is 11.1 Å². The average molecular weight is 168 g/mol. The first-order valence-corrected chi connectivity index (χ1v) is 3.71. The number of alkyl halides is 1. The zero-order valence-electron chi connectivity index (χ0n) is 6.69. The van der Waals surface area contributed by atoms with Gasteiger partial charge in [0.05, 0.1) is 0 Å². The molecule has 0 saturated carbocycles. The van der Waals surface area contributed by atoms with Crippen molar-refractivity contribution in [2.24, 2.45) is 0 Å². The van der Waals surface area contributed by atoms with Crippen LogP contribution in [0.3, 0.4) is 0 Å². The van der Waals surface area contributed by atoms with E-state index in [4.69, 9.17) is 0 Å². The third kappa shape index (κ3) is 2.16. The van der Waals surface area contributed by atoms with Gasteiger partial charge in [-0.2, -0.15) is 0 Å². The number of benzene rings is 1. The van der Waals surface area contributed by atoms with Gasteiger partial charge in [0.15, 0.2) is 0 Å². The zero-order chi connectivity index (χ0) is 8.97. The van der Waals surface area contributed by atoms with Crippen molar-refractivity contribution < 1.29 is 8.78 Å². The minimum Gasteiger partial charge on any atom is -0.246 e. The maximum atomic E-state index is 12.7. The second-order valence-electron chi connectivity index (χ2n) is 2.59. The van der Waals surface area contributed by atoms with Gasteiger partial charge >= 0.3 is 0 Å². The average Bonchev–Trinajstić information content (AvgIpc) is 2.04. The molecule has 0 bridgehead atoms. The molecule has 0 N–H and O–H groups in total. The van der Waals surface area contributed by atoms with E-state index in [2.05, 4.69) is 6.58 Å². The Labute approximate surface area is 70.5 Å². The highest BCUT2D eigenvalue weighted by atomic mass is 19.1. The van der Waals surface area contributed by atoms with Gasteiger partial charge in [0.1, 0.15) is 12.5 Å². The van der Waals surface area contributed by atoms with E-state index >= 15 is 0 Å². The standard InChI is InChI=1S/C10H10F2/c1-2-3-8-4-9(7-11)6-10(12)5-8/h2,4-6H,1,3,7H2. The lowest BCUT2D eigenvalue weighted by atomic mass is 10.1. The van der Waals surface area contributed by atoms with Gasteiger partial charge in [0, 0.05) is 0 Å². The third-order valence-electron chi connectivity index (χ3n) is 1.55. The van der Waals surface area contributed by atoms with Gasteiger partial charge in [0.25, 0.3) is 0 Å². The maximum absolute atomic E-state index is 12.7. The highest BCUT2D eigenvalue weighted by Crippen LogP contribution is 2.11. The van der Waals surface area contributed by atoms with E-state index in [0.29, 0.717) is 12.0 Å². The van der Waals surface area contributed by atoms with Crippen molar-refractivity contribution in [3.63, 3.8) is 0 Å². The smallest absolute Gasteiger partial charge is 0.123 e. The third-order valence-corrected chi connectivity index (χ3v) is 1.55. The molecule has 0 aliphatic rings. The Bertz CT molecular complexity index is 279. The summed E-state index contributed by atoms with van der Waals surface area (Å²) in [5.74, 6) is -0.387. The molecule has 0 nitrogen and oxygen atoms in total. The molecular formula is C10H10F2. The van der Waals surface area contributed by atoms with Gasteiger partial charge in [-0.05, 0) is 29.7 Å². The Hall–Kier alpha value is -1.18. The first kappa shape index (κ1) is 8.91. The number of rotatable bonds is 3. The van der Waals surface area contributed by atoms with Crippen molar-refractivity contribution in [3.05, 3.63) is 47.8 Å². The Balaban J connectivity index is 2.97. The van der Waals surface area contributed by atoms with Crippen LogP contribution in [-0.4, -0.2) is 0 Å². The predicted molar refractivity (Wildman–Crippen MR) is 45.1 cm³/mol. The second-order valence-corrected chi connectivity index (χ2v) is 2.59. The van der Waals surface area contributed by atoms with Crippen molar-refractivity contribution in [2.45, 2.75) is 13.1 Å². The largest absolute Gasteiger partial charge is 0.246 e. The molecule has 1 aromatic carbocycles. The molecule has 1 aromatic rings. The van der Waals surface area contributed by atoms with E-state index in [-0.39, 0.29) is 5.82 Å². The van der Waals surface area contributed by atoms with E-state index in [1.165, 1.54) is 12.1 Å². The van der Waals surface area contributed by atoms with Gasteiger partial charge in [-0.15, -0.1) is 6.58 Å². The van der Waals surface area contributed by atoms with E-state index in [9.17, 15) is 8.78 Å². The van der Waals surface area contributed by atoms with Crippen LogP contribution in [0.5, 0.6) is 0 Å². The normalized spacial score (nSPS) is 9.83. The SMILES string of the molecule is C=CCc1cc(F)cc(CF)c1. The monoisotopic (exact) mass is 168 g/mol. The van der Waals surface area contributed by atoms with Crippen LogP contribution in [0.15, 0.2) is 30.9 Å². The minimum absolute atomic E-state index is 0.381. The highest BCUT2D eigenvalue weighted by Gasteiger charge is 1.98. The predicted octanol–water partition coefficient (Wildman–Crippen LogP) is 3.02. The molecule has 0 spiro atoms. The molecule has 0 amide bonds. The number of allylic oxidation sites excluding steroid dienone is 1. The first-order valence-electron chi connectivity index (χ1n) is 3.71. The molecule has 0 atom stereocenters. The zero-order valence-corrected chi connectivity index (χ0v) is 6.69. The number of hydrogen-bond acceptors (Lipinski definition) is 0. The van der Waals surface area contributed by atoms with E-state index < -0.39 is 6.67 Å². The molecule has 0 unspecified atom stereocenters. The molecule has 0 aliphatic heterocycles. The lowest BCUT2D eigenvalue weighted by molar-refractivity contribution is 0.482. The molecule has 0 saturated heterocycles. The van der Waals surface area contributed by atoms with Crippen LogP contribution < -0.4 is 0 Å². The van der Waals surface area contributed by atoms with Crippen LogP contribution in [0.4, 0.5) is 8.78 Å². The highest BCUT2D eigenvalue weighted by molar-refractivity contribution is 5.25. The fourth-order valence-corrected chi connectivity index (χ4v) is 1.08. The van der Waals surface area contributed by atoms with Gasteiger partial charge in [-0.3, -0.25) is 0 Å². The number of halogens is 2. The molecule has 0 aliphatic carbocycles. The van der Waals surface area contributed by atoms with Gasteiger partial charge in [0.2, 0.25) is 0 Å².